The van der Waals surface area contributed by atoms with Gasteiger partial charge < -0.3 is 9.84 Å². The van der Waals surface area contributed by atoms with Crippen molar-refractivity contribution in [3.05, 3.63) is 77.4 Å². The van der Waals surface area contributed by atoms with Crippen LogP contribution in [-0.2, 0) is 21.1 Å². The molecule has 0 saturated heterocycles. The normalized spacial score (nSPS) is 10.7. The van der Waals surface area contributed by atoms with Crippen LogP contribution in [0, 0.1) is 0 Å². The van der Waals surface area contributed by atoms with Crippen LogP contribution in [0.1, 0.15) is 26.3 Å². The highest BCUT2D eigenvalue weighted by molar-refractivity contribution is 6.01. The molecule has 138 valence electrons. The Bertz CT molecular complexity index is 965. The monoisotopic (exact) mass is 366 g/mol. The fourth-order valence-electron chi connectivity index (χ4n) is 2.63. The quantitative estimate of drug-likeness (QED) is 0.297. The van der Waals surface area contributed by atoms with E-state index in [1.54, 1.807) is 36.4 Å². The average molecular weight is 366 g/mol. The Balaban J connectivity index is 1.77. The summed E-state index contributed by atoms with van der Waals surface area (Å²) in [5, 5.41) is 11.6. The summed E-state index contributed by atoms with van der Waals surface area (Å²) in [7, 11) is 1.42. The van der Waals surface area contributed by atoms with Gasteiger partial charge in [0.25, 0.3) is 0 Å². The summed E-state index contributed by atoms with van der Waals surface area (Å²) in [6, 6.07) is 17.0. The van der Waals surface area contributed by atoms with Crippen molar-refractivity contribution < 1.29 is 29.2 Å². The van der Waals surface area contributed by atoms with Crippen LogP contribution in [0.25, 0.3) is 10.8 Å². The van der Waals surface area contributed by atoms with Crippen LogP contribution in [0.4, 0.5) is 0 Å². The second kappa shape index (κ2) is 8.44. The molecule has 0 amide bonds. The minimum atomic E-state index is -0.766. The summed E-state index contributed by atoms with van der Waals surface area (Å²) in [4.78, 5) is 33.9. The van der Waals surface area contributed by atoms with Gasteiger partial charge in [-0.25, -0.2) is 14.6 Å². The van der Waals surface area contributed by atoms with Gasteiger partial charge in [-0.05, 0) is 34.5 Å². The van der Waals surface area contributed by atoms with Crippen LogP contribution < -0.4 is 0 Å². The molecule has 0 unspecified atom stereocenters. The Morgan fingerprint density at radius 1 is 0.963 bits per heavy atom. The van der Waals surface area contributed by atoms with Crippen molar-refractivity contribution in [1.82, 2.24) is 0 Å². The van der Waals surface area contributed by atoms with Gasteiger partial charge in [-0.3, -0.25) is 4.79 Å². The smallest absolute Gasteiger partial charge is 0.342 e. The van der Waals surface area contributed by atoms with E-state index in [1.165, 1.54) is 19.2 Å². The number of ketones is 1. The molecule has 6 nitrogen and oxygen atoms in total. The Labute approximate surface area is 155 Å². The average Bonchev–Trinajstić information content (AvgIpc) is 2.70. The lowest BCUT2D eigenvalue weighted by Crippen LogP contribution is -2.14. The van der Waals surface area contributed by atoms with Crippen molar-refractivity contribution in [1.29, 1.82) is 0 Å². The Hall–Kier alpha value is -3.22. The van der Waals surface area contributed by atoms with Gasteiger partial charge in [-0.1, -0.05) is 42.5 Å². The third-order valence-corrected chi connectivity index (χ3v) is 4.01. The Kier molecular flexibility index (Phi) is 5.80. The summed E-state index contributed by atoms with van der Waals surface area (Å²) < 4.78 is 5.08. The standard InChI is InChI=1S/C21H18O6/c1-25-27-12-14-7-8-16-11-19(22)18(10-17(16)9-14)21(24)26-13-20(23)15-5-3-2-4-6-15/h2-11,22H,12-13H2,1H3. The van der Waals surface area contributed by atoms with E-state index in [2.05, 4.69) is 4.89 Å². The fraction of sp³-hybridized carbons (Fsp3) is 0.143. The molecule has 3 aromatic rings. The van der Waals surface area contributed by atoms with Crippen LogP contribution in [0.5, 0.6) is 5.75 Å². The molecular weight excluding hydrogens is 348 g/mol. The first-order chi connectivity index (χ1) is 13.1. The molecular formula is C21H18O6. The van der Waals surface area contributed by atoms with Gasteiger partial charge in [0.1, 0.15) is 17.9 Å². The number of aromatic hydroxyl groups is 1. The number of esters is 1. The molecule has 0 atom stereocenters. The molecule has 0 aromatic heterocycles. The van der Waals surface area contributed by atoms with Crippen molar-refractivity contribution in [2.24, 2.45) is 0 Å². The molecule has 0 fully saturated rings. The largest absolute Gasteiger partial charge is 0.507 e. The SMILES string of the molecule is COOCc1ccc2cc(O)c(C(=O)OCC(=O)c3ccccc3)cc2c1. The lowest BCUT2D eigenvalue weighted by Gasteiger charge is -2.09. The molecule has 0 heterocycles. The predicted molar refractivity (Wildman–Crippen MR) is 98.5 cm³/mol. The van der Waals surface area contributed by atoms with Crippen LogP contribution in [-0.4, -0.2) is 30.6 Å². The van der Waals surface area contributed by atoms with Crippen molar-refractivity contribution in [3.63, 3.8) is 0 Å². The molecule has 6 heteroatoms. The van der Waals surface area contributed by atoms with E-state index >= 15 is 0 Å². The number of Topliss-reactive ketones (excluding diaryl/α,β-unsaturated/α-hetero) is 1. The third kappa shape index (κ3) is 4.49. The van der Waals surface area contributed by atoms with Crippen molar-refractivity contribution in [2.75, 3.05) is 13.7 Å². The number of carbonyl (C=O) groups is 2. The lowest BCUT2D eigenvalue weighted by atomic mass is 10.0. The first-order valence-electron chi connectivity index (χ1n) is 8.25. The van der Waals surface area contributed by atoms with E-state index in [-0.39, 0.29) is 23.7 Å². The van der Waals surface area contributed by atoms with Crippen molar-refractivity contribution in [2.45, 2.75) is 6.61 Å². The molecule has 0 saturated carbocycles. The number of phenols is 1. The summed E-state index contributed by atoms with van der Waals surface area (Å²) in [5.74, 6) is -1.29. The number of phenolic OH excluding ortho intramolecular Hbond substituents is 1. The van der Waals surface area contributed by atoms with E-state index in [1.807, 2.05) is 12.1 Å². The zero-order valence-corrected chi connectivity index (χ0v) is 14.7. The van der Waals surface area contributed by atoms with E-state index in [4.69, 9.17) is 9.62 Å². The number of fused-ring (bicyclic) bond motifs is 1. The van der Waals surface area contributed by atoms with Crippen molar-refractivity contribution in [3.8, 4) is 5.75 Å². The maximum Gasteiger partial charge on any atom is 0.342 e. The first-order valence-corrected chi connectivity index (χ1v) is 8.25. The van der Waals surface area contributed by atoms with Gasteiger partial charge in [-0.15, -0.1) is 0 Å². The van der Waals surface area contributed by atoms with Crippen LogP contribution in [0.15, 0.2) is 60.7 Å². The van der Waals surface area contributed by atoms with Gasteiger partial charge in [-0.2, -0.15) is 0 Å². The highest BCUT2D eigenvalue weighted by Crippen LogP contribution is 2.27. The first kappa shape index (κ1) is 18.6. The summed E-state index contributed by atoms with van der Waals surface area (Å²) in [6.45, 7) is -0.152. The number of benzene rings is 3. The second-order valence-corrected chi connectivity index (χ2v) is 5.85. The minimum absolute atomic E-state index is 0.00632. The van der Waals surface area contributed by atoms with E-state index in [0.717, 1.165) is 16.3 Å². The minimum Gasteiger partial charge on any atom is -0.507 e. The summed E-state index contributed by atoms with van der Waals surface area (Å²) >= 11 is 0. The molecule has 3 rings (SSSR count). The fourth-order valence-corrected chi connectivity index (χ4v) is 2.63. The molecule has 1 N–H and O–H groups in total. The van der Waals surface area contributed by atoms with Crippen LogP contribution in [0.3, 0.4) is 0 Å². The lowest BCUT2D eigenvalue weighted by molar-refractivity contribution is -0.282. The van der Waals surface area contributed by atoms with Crippen molar-refractivity contribution >= 4 is 22.5 Å². The summed E-state index contributed by atoms with van der Waals surface area (Å²) in [6.07, 6.45) is 0. The van der Waals surface area contributed by atoms with Gasteiger partial charge in [0.15, 0.2) is 12.4 Å². The van der Waals surface area contributed by atoms with Gasteiger partial charge in [0.05, 0.1) is 7.11 Å². The van der Waals surface area contributed by atoms with E-state index in [0.29, 0.717) is 5.56 Å². The number of hydrogen-bond acceptors (Lipinski definition) is 6. The molecule has 0 aliphatic heterocycles. The molecule has 27 heavy (non-hydrogen) atoms. The topological polar surface area (TPSA) is 82.1 Å². The number of hydrogen-bond donors (Lipinski definition) is 1. The van der Waals surface area contributed by atoms with E-state index < -0.39 is 12.6 Å². The van der Waals surface area contributed by atoms with E-state index in [9.17, 15) is 14.7 Å². The third-order valence-electron chi connectivity index (χ3n) is 4.01. The Morgan fingerprint density at radius 2 is 1.74 bits per heavy atom. The zero-order valence-electron chi connectivity index (χ0n) is 14.7. The molecule has 3 aromatic carbocycles. The molecule has 0 radical (unpaired) electrons. The van der Waals surface area contributed by atoms with Gasteiger partial charge in [0, 0.05) is 5.56 Å². The van der Waals surface area contributed by atoms with Gasteiger partial charge in [0.2, 0.25) is 0 Å². The molecule has 0 aliphatic rings. The molecule has 0 bridgehead atoms. The molecule has 0 spiro atoms. The van der Waals surface area contributed by atoms with Crippen LogP contribution >= 0.6 is 0 Å². The predicted octanol–water partition coefficient (Wildman–Crippen LogP) is 3.66. The maximum absolute atomic E-state index is 12.3. The zero-order chi connectivity index (χ0) is 19.2. The number of carbonyl (C=O) groups excluding carboxylic acids is 2. The second-order valence-electron chi connectivity index (χ2n) is 5.85. The van der Waals surface area contributed by atoms with Gasteiger partial charge >= 0.3 is 5.97 Å². The number of rotatable bonds is 7. The highest BCUT2D eigenvalue weighted by atomic mass is 17.2. The maximum atomic E-state index is 12.3. The Morgan fingerprint density at radius 3 is 2.48 bits per heavy atom. The van der Waals surface area contributed by atoms with Crippen LogP contribution in [0.2, 0.25) is 0 Å². The highest BCUT2D eigenvalue weighted by Gasteiger charge is 2.16. The number of ether oxygens (including phenoxy) is 1. The summed E-state index contributed by atoms with van der Waals surface area (Å²) in [5.41, 5.74) is 1.29. The molecule has 0 aliphatic carbocycles.